The number of benzene rings is 1. The first-order chi connectivity index (χ1) is 18.1. The molecule has 2 saturated heterocycles. The van der Waals surface area contributed by atoms with Crippen LogP contribution in [-0.4, -0.2) is 69.5 Å². The number of nitrogens with zero attached hydrogens (tertiary/aromatic N) is 6. The van der Waals surface area contributed by atoms with Crippen molar-refractivity contribution >= 4 is 34.3 Å². The number of hydrogen-bond donors (Lipinski definition) is 3. The number of halogens is 1. The van der Waals surface area contributed by atoms with Crippen LogP contribution in [0.2, 0.25) is 0 Å². The number of rotatable bonds is 7. The van der Waals surface area contributed by atoms with Crippen molar-refractivity contribution in [3.63, 3.8) is 0 Å². The first-order valence-corrected chi connectivity index (χ1v) is 12.6. The van der Waals surface area contributed by atoms with Gasteiger partial charge in [0.1, 0.15) is 11.6 Å². The van der Waals surface area contributed by atoms with Gasteiger partial charge in [-0.2, -0.15) is 20.2 Å². The summed E-state index contributed by atoms with van der Waals surface area (Å²) in [7, 11) is 0. The standard InChI is InChI=1S/C25H30FN9O2/c1-16-12-22(33-32-16)29-23-19-15-28-35(18-4-8-36-9-5-18)24(19)31-25(30-23)27-14-17-2-3-20(26)21(13-17)34-6-10-37-11-7-34/h2-3,12-13,15,18H,4-11,14H2,1H3,(H3,27,29,30,31,32,33). The van der Waals surface area contributed by atoms with E-state index in [2.05, 4.69) is 25.9 Å². The number of aromatic amines is 1. The molecule has 2 aliphatic rings. The van der Waals surface area contributed by atoms with Crippen LogP contribution in [0.1, 0.15) is 30.1 Å². The van der Waals surface area contributed by atoms with Gasteiger partial charge in [-0.1, -0.05) is 6.07 Å². The number of nitrogens with one attached hydrogen (secondary N) is 3. The summed E-state index contributed by atoms with van der Waals surface area (Å²) in [6.45, 7) is 6.33. The van der Waals surface area contributed by atoms with Crippen LogP contribution in [0.5, 0.6) is 0 Å². The molecule has 6 rings (SSSR count). The van der Waals surface area contributed by atoms with E-state index >= 15 is 0 Å². The Morgan fingerprint density at radius 3 is 2.68 bits per heavy atom. The highest BCUT2D eigenvalue weighted by molar-refractivity contribution is 5.89. The maximum absolute atomic E-state index is 14.6. The normalized spacial score (nSPS) is 16.9. The minimum Gasteiger partial charge on any atom is -0.381 e. The lowest BCUT2D eigenvalue weighted by Gasteiger charge is -2.29. The van der Waals surface area contributed by atoms with Crippen molar-refractivity contribution < 1.29 is 13.9 Å². The monoisotopic (exact) mass is 507 g/mol. The third-order valence-electron chi connectivity index (χ3n) is 6.76. The predicted octanol–water partition coefficient (Wildman–Crippen LogP) is 3.54. The van der Waals surface area contributed by atoms with Gasteiger partial charge >= 0.3 is 0 Å². The van der Waals surface area contributed by atoms with Crippen molar-refractivity contribution in [1.29, 1.82) is 0 Å². The van der Waals surface area contributed by atoms with Crippen LogP contribution in [0, 0.1) is 12.7 Å². The highest BCUT2D eigenvalue weighted by Gasteiger charge is 2.22. The Balaban J connectivity index is 1.29. The molecule has 2 fully saturated rings. The fourth-order valence-electron chi connectivity index (χ4n) is 4.80. The van der Waals surface area contributed by atoms with Gasteiger partial charge in [0.15, 0.2) is 11.5 Å². The zero-order chi connectivity index (χ0) is 25.2. The summed E-state index contributed by atoms with van der Waals surface area (Å²) in [6, 6.07) is 7.30. The number of hydrogen-bond acceptors (Lipinski definition) is 9. The van der Waals surface area contributed by atoms with Crippen LogP contribution in [-0.2, 0) is 16.0 Å². The van der Waals surface area contributed by atoms with Gasteiger partial charge in [-0.15, -0.1) is 0 Å². The zero-order valence-electron chi connectivity index (χ0n) is 20.7. The Labute approximate surface area is 213 Å². The van der Waals surface area contributed by atoms with Crippen LogP contribution in [0.4, 0.5) is 27.7 Å². The second-order valence-corrected chi connectivity index (χ2v) is 9.37. The van der Waals surface area contributed by atoms with Gasteiger partial charge in [-0.3, -0.25) is 5.10 Å². The van der Waals surface area contributed by atoms with Crippen molar-refractivity contribution in [3.05, 3.63) is 47.5 Å². The largest absolute Gasteiger partial charge is 0.381 e. The number of aryl methyl sites for hydroxylation is 1. The van der Waals surface area contributed by atoms with Gasteiger partial charge in [0.05, 0.1) is 36.5 Å². The van der Waals surface area contributed by atoms with Crippen molar-refractivity contribution in [2.75, 3.05) is 55.1 Å². The lowest BCUT2D eigenvalue weighted by atomic mass is 10.1. The van der Waals surface area contributed by atoms with E-state index < -0.39 is 0 Å². The van der Waals surface area contributed by atoms with E-state index in [4.69, 9.17) is 19.4 Å². The Kier molecular flexibility index (Phi) is 6.58. The van der Waals surface area contributed by atoms with Crippen LogP contribution < -0.4 is 15.5 Å². The van der Waals surface area contributed by atoms with Crippen LogP contribution in [0.25, 0.3) is 11.0 Å². The zero-order valence-corrected chi connectivity index (χ0v) is 20.7. The predicted molar refractivity (Wildman–Crippen MR) is 138 cm³/mol. The number of anilines is 4. The van der Waals surface area contributed by atoms with E-state index in [0.717, 1.165) is 35.1 Å². The van der Waals surface area contributed by atoms with Crippen molar-refractivity contribution in [1.82, 2.24) is 29.9 Å². The average Bonchev–Trinajstić information content (AvgIpc) is 3.55. The molecule has 5 heterocycles. The molecule has 11 nitrogen and oxygen atoms in total. The van der Waals surface area contributed by atoms with E-state index in [1.165, 1.54) is 6.07 Å². The van der Waals surface area contributed by atoms with Gasteiger partial charge in [-0.25, -0.2) is 9.07 Å². The molecule has 1 aromatic carbocycles. The summed E-state index contributed by atoms with van der Waals surface area (Å²) in [5.74, 6) is 1.50. The second kappa shape index (κ2) is 10.3. The van der Waals surface area contributed by atoms with E-state index in [9.17, 15) is 4.39 Å². The van der Waals surface area contributed by atoms with Crippen LogP contribution in [0.3, 0.4) is 0 Å². The Bertz CT molecular complexity index is 1380. The summed E-state index contributed by atoms with van der Waals surface area (Å²) in [4.78, 5) is 11.6. The molecule has 0 amide bonds. The minimum absolute atomic E-state index is 0.211. The fourth-order valence-corrected chi connectivity index (χ4v) is 4.80. The number of ether oxygens (including phenoxy) is 2. The van der Waals surface area contributed by atoms with Gasteiger partial charge in [0, 0.05) is 44.6 Å². The quantitative estimate of drug-likeness (QED) is 0.345. The molecular formula is C25H30FN9O2. The number of morpholine rings is 1. The highest BCUT2D eigenvalue weighted by atomic mass is 19.1. The summed E-state index contributed by atoms with van der Waals surface area (Å²) in [6.07, 6.45) is 3.56. The summed E-state index contributed by atoms with van der Waals surface area (Å²) < 4.78 is 27.5. The van der Waals surface area contributed by atoms with E-state index in [1.54, 1.807) is 12.3 Å². The topological polar surface area (TPSA) is 118 Å². The number of H-pyrrole nitrogens is 1. The molecule has 3 N–H and O–H groups in total. The lowest BCUT2D eigenvalue weighted by Crippen LogP contribution is -2.36. The highest BCUT2D eigenvalue weighted by Crippen LogP contribution is 2.30. The third-order valence-corrected chi connectivity index (χ3v) is 6.76. The van der Waals surface area contributed by atoms with Gasteiger partial charge in [0.2, 0.25) is 5.95 Å². The molecule has 0 spiro atoms. The van der Waals surface area contributed by atoms with Crippen molar-refractivity contribution in [3.8, 4) is 0 Å². The summed E-state index contributed by atoms with van der Waals surface area (Å²) >= 11 is 0. The molecule has 4 aromatic rings. The number of aromatic nitrogens is 6. The molecule has 194 valence electrons. The van der Waals surface area contributed by atoms with Crippen LogP contribution in [0.15, 0.2) is 30.5 Å². The van der Waals surface area contributed by atoms with Crippen molar-refractivity contribution in [2.45, 2.75) is 32.4 Å². The molecule has 0 atom stereocenters. The smallest absolute Gasteiger partial charge is 0.227 e. The van der Waals surface area contributed by atoms with E-state index in [-0.39, 0.29) is 11.9 Å². The molecule has 0 unspecified atom stereocenters. The molecule has 3 aromatic heterocycles. The Morgan fingerprint density at radius 1 is 1.08 bits per heavy atom. The first-order valence-electron chi connectivity index (χ1n) is 12.6. The SMILES string of the molecule is Cc1cc(Nc2nc(NCc3ccc(F)c(N4CCOCC4)c3)nc3c2cnn3C2CCOCC2)n[nH]1. The molecule has 2 aliphatic heterocycles. The van der Waals surface area contributed by atoms with E-state index in [1.807, 2.05) is 28.6 Å². The first kappa shape index (κ1) is 23.6. The lowest BCUT2D eigenvalue weighted by molar-refractivity contribution is 0.0673. The molecule has 12 heteroatoms. The third kappa shape index (κ3) is 5.07. The average molecular weight is 508 g/mol. The van der Waals surface area contributed by atoms with Crippen LogP contribution >= 0.6 is 0 Å². The maximum atomic E-state index is 14.6. The summed E-state index contributed by atoms with van der Waals surface area (Å²) in [5, 5.41) is 19.3. The maximum Gasteiger partial charge on any atom is 0.227 e. The molecule has 0 bridgehead atoms. The molecule has 37 heavy (non-hydrogen) atoms. The second-order valence-electron chi connectivity index (χ2n) is 9.37. The molecular weight excluding hydrogens is 477 g/mol. The minimum atomic E-state index is -0.232. The van der Waals surface area contributed by atoms with Gasteiger partial charge in [-0.05, 0) is 37.5 Å². The molecule has 0 aliphatic carbocycles. The van der Waals surface area contributed by atoms with E-state index in [0.29, 0.717) is 69.3 Å². The Hall–Kier alpha value is -3.77. The van der Waals surface area contributed by atoms with Crippen molar-refractivity contribution in [2.24, 2.45) is 0 Å². The fraction of sp³-hybridized carbons (Fsp3) is 0.440. The Morgan fingerprint density at radius 2 is 1.89 bits per heavy atom. The van der Waals surface area contributed by atoms with Gasteiger partial charge < -0.3 is 25.0 Å². The van der Waals surface area contributed by atoms with Gasteiger partial charge in [0.25, 0.3) is 0 Å². The molecule has 0 saturated carbocycles. The number of fused-ring (bicyclic) bond motifs is 1. The molecule has 0 radical (unpaired) electrons. The summed E-state index contributed by atoms with van der Waals surface area (Å²) in [5.41, 5.74) is 3.21.